The number of carbonyl (C=O) groups is 1. The Labute approximate surface area is 111 Å². The van der Waals surface area contributed by atoms with Crippen molar-refractivity contribution >= 4 is 23.4 Å². The lowest BCUT2D eigenvalue weighted by atomic mass is 10.0. The monoisotopic (exact) mass is 268 g/mol. The predicted molar refractivity (Wildman–Crippen MR) is 71.3 cm³/mol. The Bertz CT molecular complexity index is 431. The fraction of sp³-hybridized carbons (Fsp3) is 0.538. The number of nitrogens with zero attached hydrogens (tertiary/aromatic N) is 1. The second kappa shape index (κ2) is 6.05. The van der Waals surface area contributed by atoms with Crippen LogP contribution < -0.4 is 5.32 Å². The van der Waals surface area contributed by atoms with E-state index in [2.05, 4.69) is 10.3 Å². The maximum atomic E-state index is 10.9. The topological polar surface area (TPSA) is 62.2 Å². The standard InChI is InChI=1S/C13H17ClN2O2/c14-11-7-10(13(17)18)8-12(16-11)15-6-5-9-3-1-2-4-9/h7-9H,1-6H2,(H,15,16)(H,17,18). The van der Waals surface area contributed by atoms with Crippen LogP contribution in [-0.4, -0.2) is 22.6 Å². The van der Waals surface area contributed by atoms with Gasteiger partial charge >= 0.3 is 5.97 Å². The van der Waals surface area contributed by atoms with Crippen LogP contribution in [-0.2, 0) is 0 Å². The maximum Gasteiger partial charge on any atom is 0.335 e. The predicted octanol–water partition coefficient (Wildman–Crippen LogP) is 3.43. The molecule has 0 radical (unpaired) electrons. The molecule has 4 nitrogen and oxygen atoms in total. The van der Waals surface area contributed by atoms with E-state index in [9.17, 15) is 4.79 Å². The van der Waals surface area contributed by atoms with Gasteiger partial charge in [-0.1, -0.05) is 37.3 Å². The molecule has 1 fully saturated rings. The number of rotatable bonds is 5. The van der Waals surface area contributed by atoms with Crippen LogP contribution in [0.5, 0.6) is 0 Å². The Morgan fingerprint density at radius 2 is 2.17 bits per heavy atom. The van der Waals surface area contributed by atoms with E-state index in [1.807, 2.05) is 0 Å². The van der Waals surface area contributed by atoms with E-state index in [1.165, 1.54) is 37.8 Å². The number of hydrogen-bond acceptors (Lipinski definition) is 3. The number of halogens is 1. The first-order chi connectivity index (χ1) is 8.65. The second-order valence-electron chi connectivity index (χ2n) is 4.73. The first-order valence-corrected chi connectivity index (χ1v) is 6.67. The van der Waals surface area contributed by atoms with Gasteiger partial charge in [0.15, 0.2) is 0 Å². The molecule has 1 saturated carbocycles. The molecular weight excluding hydrogens is 252 g/mol. The zero-order valence-corrected chi connectivity index (χ0v) is 10.9. The lowest BCUT2D eigenvalue weighted by Crippen LogP contribution is -2.09. The molecule has 98 valence electrons. The number of carboxylic acids is 1. The first kappa shape index (κ1) is 13.1. The van der Waals surface area contributed by atoms with Gasteiger partial charge in [-0.2, -0.15) is 0 Å². The van der Waals surface area contributed by atoms with Gasteiger partial charge in [-0.15, -0.1) is 0 Å². The summed E-state index contributed by atoms with van der Waals surface area (Å²) in [6.45, 7) is 0.817. The molecule has 0 aliphatic heterocycles. The molecule has 0 saturated heterocycles. The quantitative estimate of drug-likeness (QED) is 0.803. The molecule has 2 rings (SSSR count). The lowest BCUT2D eigenvalue weighted by molar-refractivity contribution is 0.0697. The van der Waals surface area contributed by atoms with Gasteiger partial charge in [0.25, 0.3) is 0 Å². The number of nitrogens with one attached hydrogen (secondary N) is 1. The van der Waals surface area contributed by atoms with E-state index in [1.54, 1.807) is 0 Å². The summed E-state index contributed by atoms with van der Waals surface area (Å²) in [6.07, 6.45) is 6.40. The number of carboxylic acid groups (broad SMARTS) is 1. The average Bonchev–Trinajstić information content (AvgIpc) is 2.81. The normalized spacial score (nSPS) is 15.8. The van der Waals surface area contributed by atoms with Crippen molar-refractivity contribution in [1.29, 1.82) is 0 Å². The number of pyridine rings is 1. The van der Waals surface area contributed by atoms with Gasteiger partial charge in [0.2, 0.25) is 0 Å². The molecule has 0 unspecified atom stereocenters. The summed E-state index contributed by atoms with van der Waals surface area (Å²) < 4.78 is 0. The zero-order chi connectivity index (χ0) is 13.0. The third-order valence-corrected chi connectivity index (χ3v) is 3.57. The fourth-order valence-corrected chi connectivity index (χ4v) is 2.62. The molecule has 1 aliphatic rings. The van der Waals surface area contributed by atoms with Crippen molar-refractivity contribution in [1.82, 2.24) is 4.98 Å². The summed E-state index contributed by atoms with van der Waals surface area (Å²) >= 11 is 5.79. The fourth-order valence-electron chi connectivity index (χ4n) is 2.41. The minimum absolute atomic E-state index is 0.165. The molecule has 0 amide bonds. The van der Waals surface area contributed by atoms with E-state index in [0.29, 0.717) is 5.82 Å². The minimum atomic E-state index is -0.988. The first-order valence-electron chi connectivity index (χ1n) is 6.30. The number of aromatic carboxylic acids is 1. The van der Waals surface area contributed by atoms with Gasteiger partial charge < -0.3 is 10.4 Å². The summed E-state index contributed by atoms with van der Waals surface area (Å²) in [4.78, 5) is 14.9. The van der Waals surface area contributed by atoms with Crippen LogP contribution in [0, 0.1) is 5.92 Å². The molecule has 1 heterocycles. The molecule has 18 heavy (non-hydrogen) atoms. The van der Waals surface area contributed by atoms with Crippen LogP contribution in [0.2, 0.25) is 5.15 Å². The molecule has 2 N–H and O–H groups in total. The van der Waals surface area contributed by atoms with Crippen molar-refractivity contribution < 1.29 is 9.90 Å². The van der Waals surface area contributed by atoms with Crippen molar-refractivity contribution in [2.45, 2.75) is 32.1 Å². The van der Waals surface area contributed by atoms with Gasteiger partial charge in [0.05, 0.1) is 5.56 Å². The van der Waals surface area contributed by atoms with Gasteiger partial charge in [-0.3, -0.25) is 0 Å². The summed E-state index contributed by atoms with van der Waals surface area (Å²) in [5.74, 6) is 0.353. The van der Waals surface area contributed by atoms with Crippen molar-refractivity contribution in [2.75, 3.05) is 11.9 Å². The molecule has 0 atom stereocenters. The third kappa shape index (κ3) is 3.60. The Morgan fingerprint density at radius 3 is 2.83 bits per heavy atom. The molecular formula is C13H17ClN2O2. The maximum absolute atomic E-state index is 10.9. The molecule has 1 aliphatic carbocycles. The molecule has 0 bridgehead atoms. The Hall–Kier alpha value is -1.29. The molecule has 5 heteroatoms. The zero-order valence-electron chi connectivity index (χ0n) is 10.2. The van der Waals surface area contributed by atoms with Gasteiger partial charge in [-0.25, -0.2) is 9.78 Å². The van der Waals surface area contributed by atoms with Gasteiger partial charge in [-0.05, 0) is 24.5 Å². The Morgan fingerprint density at radius 1 is 1.44 bits per heavy atom. The third-order valence-electron chi connectivity index (χ3n) is 3.37. The average molecular weight is 269 g/mol. The van der Waals surface area contributed by atoms with Crippen LogP contribution in [0.25, 0.3) is 0 Å². The van der Waals surface area contributed by atoms with Crippen LogP contribution >= 0.6 is 11.6 Å². The highest BCUT2D eigenvalue weighted by molar-refractivity contribution is 6.29. The van der Waals surface area contributed by atoms with Gasteiger partial charge in [0, 0.05) is 6.54 Å². The molecule has 1 aromatic heterocycles. The summed E-state index contributed by atoms with van der Waals surface area (Å²) in [7, 11) is 0. The van der Waals surface area contributed by atoms with E-state index >= 15 is 0 Å². The van der Waals surface area contributed by atoms with Crippen LogP contribution in [0.3, 0.4) is 0 Å². The largest absolute Gasteiger partial charge is 0.478 e. The Kier molecular flexibility index (Phi) is 4.42. The smallest absolute Gasteiger partial charge is 0.335 e. The highest BCUT2D eigenvalue weighted by atomic mass is 35.5. The van der Waals surface area contributed by atoms with E-state index < -0.39 is 5.97 Å². The van der Waals surface area contributed by atoms with Crippen molar-refractivity contribution in [3.63, 3.8) is 0 Å². The molecule has 0 spiro atoms. The summed E-state index contributed by atoms with van der Waals surface area (Å²) in [5, 5.41) is 12.3. The van der Waals surface area contributed by atoms with E-state index in [4.69, 9.17) is 16.7 Å². The van der Waals surface area contributed by atoms with Crippen LogP contribution in [0.15, 0.2) is 12.1 Å². The number of hydrogen-bond donors (Lipinski definition) is 2. The second-order valence-corrected chi connectivity index (χ2v) is 5.12. The SMILES string of the molecule is O=C(O)c1cc(Cl)nc(NCCC2CCCC2)c1. The number of aromatic nitrogens is 1. The van der Waals surface area contributed by atoms with Crippen molar-refractivity contribution in [2.24, 2.45) is 5.92 Å². The van der Waals surface area contributed by atoms with Crippen LogP contribution in [0.1, 0.15) is 42.5 Å². The van der Waals surface area contributed by atoms with Crippen molar-refractivity contribution in [3.8, 4) is 0 Å². The highest BCUT2D eigenvalue weighted by Gasteiger charge is 2.14. The van der Waals surface area contributed by atoms with Crippen molar-refractivity contribution in [3.05, 3.63) is 22.8 Å². The molecule has 1 aromatic rings. The van der Waals surface area contributed by atoms with E-state index in [0.717, 1.165) is 18.9 Å². The van der Waals surface area contributed by atoms with Crippen LogP contribution in [0.4, 0.5) is 5.82 Å². The lowest BCUT2D eigenvalue weighted by Gasteiger charge is -2.10. The summed E-state index contributed by atoms with van der Waals surface area (Å²) in [6, 6.07) is 2.87. The highest BCUT2D eigenvalue weighted by Crippen LogP contribution is 2.27. The number of anilines is 1. The Balaban J connectivity index is 1.89. The molecule has 0 aromatic carbocycles. The minimum Gasteiger partial charge on any atom is -0.478 e. The van der Waals surface area contributed by atoms with Gasteiger partial charge in [0.1, 0.15) is 11.0 Å². The van der Waals surface area contributed by atoms with E-state index in [-0.39, 0.29) is 10.7 Å². The summed E-state index contributed by atoms with van der Waals surface area (Å²) in [5.41, 5.74) is 0.165.